The minimum absolute atomic E-state index is 0.113. The molecular weight excluding hydrogens is 518 g/mol. The number of ether oxygens (including phenoxy) is 3. The highest BCUT2D eigenvalue weighted by atomic mass is 32.2. The van der Waals surface area contributed by atoms with E-state index in [-0.39, 0.29) is 19.8 Å². The quantitative estimate of drug-likeness (QED) is 0.316. The maximum atomic E-state index is 13.3. The van der Waals surface area contributed by atoms with E-state index in [1.54, 1.807) is 12.1 Å². The number of hydrogen-bond acceptors (Lipinski definition) is 7. The Morgan fingerprint density at radius 1 is 0.949 bits per heavy atom. The van der Waals surface area contributed by atoms with Gasteiger partial charge in [-0.15, -0.1) is 0 Å². The average molecular weight is 554 g/mol. The minimum Gasteiger partial charge on any atom is -0.456 e. The molecule has 208 valence electrons. The van der Waals surface area contributed by atoms with E-state index in [9.17, 15) is 13.2 Å². The van der Waals surface area contributed by atoms with Gasteiger partial charge in [0.1, 0.15) is 12.1 Å². The molecule has 1 unspecified atom stereocenters. The molecule has 0 amide bonds. The van der Waals surface area contributed by atoms with E-state index in [0.717, 1.165) is 23.2 Å². The van der Waals surface area contributed by atoms with E-state index < -0.39 is 28.3 Å². The fourth-order valence-corrected chi connectivity index (χ4v) is 5.72. The summed E-state index contributed by atoms with van der Waals surface area (Å²) in [7, 11) is -4.01. The number of hydrogen-bond donors (Lipinski definition) is 1. The number of piperidine rings is 1. The molecule has 39 heavy (non-hydrogen) atoms. The second-order valence-corrected chi connectivity index (χ2v) is 11.1. The van der Waals surface area contributed by atoms with Crippen LogP contribution < -0.4 is 4.72 Å². The molecule has 0 aliphatic carbocycles. The number of carbonyl (C=O) groups is 1. The summed E-state index contributed by atoms with van der Waals surface area (Å²) in [6, 6.07) is 21.8. The van der Waals surface area contributed by atoms with E-state index in [4.69, 9.17) is 14.2 Å². The summed E-state index contributed by atoms with van der Waals surface area (Å²) in [5, 5.41) is 0. The normalized spacial score (nSPS) is 16.2. The lowest BCUT2D eigenvalue weighted by atomic mass is 10.1. The molecule has 1 fully saturated rings. The molecule has 0 bridgehead atoms. The average Bonchev–Trinajstić information content (AvgIpc) is 2.95. The lowest BCUT2D eigenvalue weighted by molar-refractivity contribution is -0.162. The van der Waals surface area contributed by atoms with Crippen LogP contribution >= 0.6 is 0 Å². The highest BCUT2D eigenvalue weighted by Gasteiger charge is 2.39. The number of rotatable bonds is 13. The molecule has 1 aliphatic heterocycles. The molecule has 1 N–H and O–H groups in total. The van der Waals surface area contributed by atoms with Gasteiger partial charge in [-0.2, -0.15) is 12.7 Å². The Bertz CT molecular complexity index is 1230. The molecule has 1 saturated heterocycles. The lowest BCUT2D eigenvalue weighted by Gasteiger charge is -2.34. The predicted octanol–water partition coefficient (Wildman–Crippen LogP) is 4.25. The van der Waals surface area contributed by atoms with Crippen molar-refractivity contribution in [1.29, 1.82) is 0 Å². The van der Waals surface area contributed by atoms with Gasteiger partial charge in [0.2, 0.25) is 0 Å². The molecule has 2 aromatic carbocycles. The molecule has 1 aliphatic rings. The Kier molecular flexibility index (Phi) is 10.4. The van der Waals surface area contributed by atoms with Gasteiger partial charge in [0, 0.05) is 12.2 Å². The number of nitrogens with zero attached hydrogens (tertiary/aromatic N) is 2. The van der Waals surface area contributed by atoms with Crippen LogP contribution in [0.2, 0.25) is 0 Å². The van der Waals surface area contributed by atoms with Gasteiger partial charge in [-0.3, -0.25) is 14.5 Å². The first-order valence-electron chi connectivity index (χ1n) is 13.1. The van der Waals surface area contributed by atoms with Crippen molar-refractivity contribution in [1.82, 2.24) is 9.29 Å². The van der Waals surface area contributed by atoms with Crippen molar-refractivity contribution in [2.45, 2.75) is 51.5 Å². The van der Waals surface area contributed by atoms with E-state index in [0.29, 0.717) is 31.7 Å². The topological polar surface area (TPSA) is 107 Å². The summed E-state index contributed by atoms with van der Waals surface area (Å²) in [6.45, 7) is 2.97. The lowest BCUT2D eigenvalue weighted by Crippen LogP contribution is -2.51. The number of benzene rings is 2. The second kappa shape index (κ2) is 14.2. The Labute approximate surface area is 230 Å². The summed E-state index contributed by atoms with van der Waals surface area (Å²) < 4.78 is 47.7. The molecule has 2 heterocycles. The first-order valence-corrected chi connectivity index (χ1v) is 14.5. The summed E-state index contributed by atoms with van der Waals surface area (Å²) in [5.41, 5.74) is 3.09. The Balaban J connectivity index is 1.40. The first kappa shape index (κ1) is 28.7. The SMILES string of the molecule is Cc1ccc(NS(=O)(=O)N2CCCCC2C(=O)OC(COCc2ccccc2)COCc2ccccc2)cn1. The Morgan fingerprint density at radius 3 is 2.13 bits per heavy atom. The van der Waals surface area contributed by atoms with E-state index in [2.05, 4.69) is 9.71 Å². The molecular formula is C29H35N3O6S. The van der Waals surface area contributed by atoms with Gasteiger partial charge < -0.3 is 14.2 Å². The third-order valence-electron chi connectivity index (χ3n) is 6.31. The standard InChI is InChI=1S/C29H35N3O6S/c1-23-15-16-26(18-30-23)31-39(34,35)32-17-9-8-14-28(32)29(33)38-27(21-36-19-24-10-4-2-5-11-24)22-37-20-25-12-6-3-7-13-25/h2-7,10-13,15-16,18,27-28,31H,8-9,14,17,19-22H2,1H3. The number of esters is 1. The van der Waals surface area contributed by atoms with Crippen molar-refractivity contribution < 1.29 is 27.4 Å². The van der Waals surface area contributed by atoms with Crippen LogP contribution in [0.1, 0.15) is 36.1 Å². The molecule has 9 nitrogen and oxygen atoms in total. The molecule has 4 rings (SSSR count). The first-order chi connectivity index (χ1) is 18.9. The van der Waals surface area contributed by atoms with Crippen molar-refractivity contribution in [3.8, 4) is 0 Å². The third kappa shape index (κ3) is 8.86. The van der Waals surface area contributed by atoms with Crippen LogP contribution in [-0.2, 0) is 42.4 Å². The fraction of sp³-hybridized carbons (Fsp3) is 0.379. The summed E-state index contributed by atoms with van der Waals surface area (Å²) in [6.07, 6.45) is 2.49. The zero-order valence-corrected chi connectivity index (χ0v) is 22.9. The number of carbonyl (C=O) groups excluding carboxylic acids is 1. The van der Waals surface area contributed by atoms with Crippen molar-refractivity contribution in [2.24, 2.45) is 0 Å². The number of pyridine rings is 1. The highest BCUT2D eigenvalue weighted by Crippen LogP contribution is 2.24. The van der Waals surface area contributed by atoms with Crippen LogP contribution in [0.5, 0.6) is 0 Å². The zero-order chi connectivity index (χ0) is 27.5. The number of nitrogens with one attached hydrogen (secondary N) is 1. The van der Waals surface area contributed by atoms with Gasteiger partial charge in [-0.05, 0) is 49.4 Å². The zero-order valence-electron chi connectivity index (χ0n) is 22.1. The number of aryl methyl sites for hydroxylation is 1. The molecule has 1 atom stereocenters. The van der Waals surface area contributed by atoms with Gasteiger partial charge in [0.15, 0.2) is 0 Å². The number of aromatic nitrogens is 1. The summed E-state index contributed by atoms with van der Waals surface area (Å²) in [5.74, 6) is -0.612. The van der Waals surface area contributed by atoms with Crippen LogP contribution in [0.3, 0.4) is 0 Å². The Hall–Kier alpha value is -3.31. The van der Waals surface area contributed by atoms with Crippen LogP contribution in [0.25, 0.3) is 0 Å². The van der Waals surface area contributed by atoms with Crippen molar-refractivity contribution in [3.63, 3.8) is 0 Å². The highest BCUT2D eigenvalue weighted by molar-refractivity contribution is 7.90. The monoisotopic (exact) mass is 553 g/mol. The van der Waals surface area contributed by atoms with E-state index in [1.165, 1.54) is 10.5 Å². The van der Waals surface area contributed by atoms with Crippen LogP contribution in [0.4, 0.5) is 5.69 Å². The van der Waals surface area contributed by atoms with Crippen LogP contribution in [0.15, 0.2) is 79.0 Å². The van der Waals surface area contributed by atoms with Crippen LogP contribution in [0, 0.1) is 6.92 Å². The Morgan fingerprint density at radius 2 is 1.56 bits per heavy atom. The predicted molar refractivity (Wildman–Crippen MR) is 148 cm³/mol. The van der Waals surface area contributed by atoms with E-state index >= 15 is 0 Å². The van der Waals surface area contributed by atoms with Crippen molar-refractivity contribution in [2.75, 3.05) is 24.5 Å². The minimum atomic E-state index is -4.01. The largest absolute Gasteiger partial charge is 0.456 e. The van der Waals surface area contributed by atoms with E-state index in [1.807, 2.05) is 67.6 Å². The van der Waals surface area contributed by atoms with Gasteiger partial charge in [0.05, 0.1) is 38.3 Å². The molecule has 10 heteroatoms. The van der Waals surface area contributed by atoms with Gasteiger partial charge in [-0.25, -0.2) is 0 Å². The third-order valence-corrected chi connectivity index (χ3v) is 7.85. The second-order valence-electron chi connectivity index (χ2n) is 9.48. The number of anilines is 1. The maximum Gasteiger partial charge on any atom is 0.324 e. The summed E-state index contributed by atoms with van der Waals surface area (Å²) in [4.78, 5) is 17.5. The molecule has 3 aromatic rings. The molecule has 0 spiro atoms. The van der Waals surface area contributed by atoms with Gasteiger partial charge in [-0.1, -0.05) is 60.7 Å². The fourth-order valence-electron chi connectivity index (χ4n) is 4.29. The van der Waals surface area contributed by atoms with Gasteiger partial charge in [0.25, 0.3) is 0 Å². The van der Waals surface area contributed by atoms with Crippen molar-refractivity contribution >= 4 is 21.9 Å². The summed E-state index contributed by atoms with van der Waals surface area (Å²) >= 11 is 0. The maximum absolute atomic E-state index is 13.3. The van der Waals surface area contributed by atoms with Gasteiger partial charge >= 0.3 is 16.2 Å². The molecule has 0 radical (unpaired) electrons. The molecule has 0 saturated carbocycles. The molecule has 1 aromatic heterocycles. The van der Waals surface area contributed by atoms with Crippen molar-refractivity contribution in [3.05, 3.63) is 95.8 Å². The van der Waals surface area contributed by atoms with Crippen LogP contribution in [-0.4, -0.2) is 55.6 Å². The smallest absolute Gasteiger partial charge is 0.324 e.